The van der Waals surface area contributed by atoms with Crippen LogP contribution in [0.3, 0.4) is 0 Å². The van der Waals surface area contributed by atoms with Gasteiger partial charge in [0.2, 0.25) is 0 Å². The molecule has 0 amide bonds. The minimum Gasteiger partial charge on any atom is -0.462 e. The van der Waals surface area contributed by atoms with Crippen LogP contribution < -0.4 is 0 Å². The zero-order valence-electron chi connectivity index (χ0n) is 43.6. The molecule has 0 saturated heterocycles. The van der Waals surface area contributed by atoms with Crippen LogP contribution in [0.5, 0.6) is 0 Å². The van der Waals surface area contributed by atoms with Gasteiger partial charge in [0.15, 0.2) is 6.10 Å². The van der Waals surface area contributed by atoms with E-state index in [0.29, 0.717) is 12.8 Å². The molecule has 0 saturated carbocycles. The van der Waals surface area contributed by atoms with E-state index in [-0.39, 0.29) is 37.5 Å². The van der Waals surface area contributed by atoms with Gasteiger partial charge in [0.05, 0.1) is 0 Å². The van der Waals surface area contributed by atoms with Gasteiger partial charge in [-0.15, -0.1) is 0 Å². The fourth-order valence-electron chi connectivity index (χ4n) is 6.94. The highest BCUT2D eigenvalue weighted by Gasteiger charge is 2.19. The Morgan fingerprint density at radius 3 is 1.07 bits per heavy atom. The lowest BCUT2D eigenvalue weighted by atomic mass is 10.1. The molecule has 1 atom stereocenters. The van der Waals surface area contributed by atoms with Crippen LogP contribution in [0.15, 0.2) is 134 Å². The van der Waals surface area contributed by atoms with Crippen LogP contribution in [0.25, 0.3) is 0 Å². The van der Waals surface area contributed by atoms with E-state index in [0.717, 1.165) is 148 Å². The molecule has 6 heteroatoms. The Labute approximate surface area is 417 Å². The summed E-state index contributed by atoms with van der Waals surface area (Å²) in [6, 6.07) is 0. The van der Waals surface area contributed by atoms with Gasteiger partial charge in [0, 0.05) is 19.3 Å². The molecule has 0 spiro atoms. The van der Waals surface area contributed by atoms with E-state index in [1.807, 2.05) is 0 Å². The van der Waals surface area contributed by atoms with Crippen molar-refractivity contribution in [3.63, 3.8) is 0 Å². The topological polar surface area (TPSA) is 78.9 Å². The maximum atomic E-state index is 12.8. The van der Waals surface area contributed by atoms with E-state index >= 15 is 0 Å². The highest BCUT2D eigenvalue weighted by atomic mass is 16.6. The van der Waals surface area contributed by atoms with E-state index in [4.69, 9.17) is 14.2 Å². The Hall–Kier alpha value is -4.45. The molecule has 0 rings (SSSR count). The largest absolute Gasteiger partial charge is 0.462 e. The quantitative estimate of drug-likeness (QED) is 0.0199. The number of allylic oxidation sites excluding steroid dienone is 22. The van der Waals surface area contributed by atoms with Gasteiger partial charge in [-0.3, -0.25) is 14.4 Å². The van der Waals surface area contributed by atoms with Crippen LogP contribution in [0.4, 0.5) is 0 Å². The first kappa shape index (κ1) is 63.5. The van der Waals surface area contributed by atoms with Crippen LogP contribution in [-0.4, -0.2) is 37.2 Å². The average molecular weight is 939 g/mol. The molecule has 0 aromatic carbocycles. The molecule has 0 aliphatic carbocycles. The van der Waals surface area contributed by atoms with Gasteiger partial charge < -0.3 is 14.2 Å². The number of esters is 3. The minimum absolute atomic E-state index is 0.113. The summed E-state index contributed by atoms with van der Waals surface area (Å²) in [6.45, 7) is 6.30. The number of rotatable bonds is 47. The molecule has 0 bridgehead atoms. The highest BCUT2D eigenvalue weighted by Crippen LogP contribution is 2.13. The third kappa shape index (κ3) is 52.5. The number of carbonyl (C=O) groups is 3. The molecule has 0 radical (unpaired) electrons. The molecule has 0 heterocycles. The van der Waals surface area contributed by atoms with Crippen molar-refractivity contribution in [1.82, 2.24) is 0 Å². The molecule has 6 nitrogen and oxygen atoms in total. The lowest BCUT2D eigenvalue weighted by Gasteiger charge is -2.18. The first-order chi connectivity index (χ1) is 33.5. The van der Waals surface area contributed by atoms with E-state index in [9.17, 15) is 14.4 Å². The minimum atomic E-state index is -0.817. The first-order valence-corrected chi connectivity index (χ1v) is 27.3. The molecule has 0 aliphatic heterocycles. The van der Waals surface area contributed by atoms with Gasteiger partial charge in [-0.1, -0.05) is 225 Å². The number of hydrogen-bond donors (Lipinski definition) is 0. The third-order valence-electron chi connectivity index (χ3n) is 11.0. The Kier molecular flexibility index (Phi) is 51.5. The Morgan fingerprint density at radius 2 is 0.647 bits per heavy atom. The highest BCUT2D eigenvalue weighted by molar-refractivity contribution is 5.71. The van der Waals surface area contributed by atoms with Crippen molar-refractivity contribution < 1.29 is 28.6 Å². The second-order valence-corrected chi connectivity index (χ2v) is 17.5. The summed E-state index contributed by atoms with van der Waals surface area (Å²) in [4.78, 5) is 38.1. The summed E-state index contributed by atoms with van der Waals surface area (Å²) in [6.07, 6.45) is 77.2. The van der Waals surface area contributed by atoms with Crippen LogP contribution in [0.2, 0.25) is 0 Å². The molecule has 0 aromatic rings. The number of hydrogen-bond acceptors (Lipinski definition) is 6. The standard InChI is InChI=1S/C62H98O6/c1-4-7-10-13-16-19-22-25-27-29-31-33-34-37-40-43-46-49-52-55-61(64)67-58-59(57-66-60(63)54-51-48-45-42-39-36-24-21-18-15-12-9-6-3)68-62(65)56-53-50-47-44-41-38-35-32-30-28-26-23-20-17-14-11-8-5-2/h7,9-10,12,15-16,18-19,21,23-28,30-33,35,37,40,59H,4-6,8,11,13-14,17,20,22,29,34,36,38-39,41-58H2,1-3H3/b10-7-,12-9-,18-15-,19-16-,24-21-,26-23-,27-25-,30-28-,33-31-,35-32-,40-37-. The fourth-order valence-corrected chi connectivity index (χ4v) is 6.94. The van der Waals surface area contributed by atoms with E-state index in [2.05, 4.69) is 154 Å². The van der Waals surface area contributed by atoms with Crippen molar-refractivity contribution >= 4 is 17.9 Å². The van der Waals surface area contributed by atoms with Gasteiger partial charge >= 0.3 is 17.9 Å². The Morgan fingerprint density at radius 1 is 0.324 bits per heavy atom. The van der Waals surface area contributed by atoms with Crippen molar-refractivity contribution in [2.24, 2.45) is 0 Å². The predicted octanol–water partition coefficient (Wildman–Crippen LogP) is 18.3. The van der Waals surface area contributed by atoms with Crippen molar-refractivity contribution in [2.45, 2.75) is 226 Å². The number of carbonyl (C=O) groups excluding carboxylic acids is 3. The zero-order valence-corrected chi connectivity index (χ0v) is 43.6. The summed E-state index contributed by atoms with van der Waals surface area (Å²) >= 11 is 0. The second kappa shape index (κ2) is 55.1. The summed E-state index contributed by atoms with van der Waals surface area (Å²) in [5.41, 5.74) is 0. The summed E-state index contributed by atoms with van der Waals surface area (Å²) in [7, 11) is 0. The second-order valence-electron chi connectivity index (χ2n) is 17.5. The molecule has 0 fully saturated rings. The fraction of sp³-hybridized carbons (Fsp3) is 0.597. The molecule has 0 N–H and O–H groups in total. The van der Waals surface area contributed by atoms with Crippen LogP contribution in [-0.2, 0) is 28.6 Å². The van der Waals surface area contributed by atoms with Gasteiger partial charge in [-0.25, -0.2) is 0 Å². The molecule has 0 aromatic heterocycles. The lowest BCUT2D eigenvalue weighted by Crippen LogP contribution is -2.30. The van der Waals surface area contributed by atoms with Gasteiger partial charge in [0.1, 0.15) is 13.2 Å². The number of unbranched alkanes of at least 4 members (excludes halogenated alkanes) is 18. The summed E-state index contributed by atoms with van der Waals surface area (Å²) in [5, 5.41) is 0. The average Bonchev–Trinajstić information content (AvgIpc) is 3.34. The molecule has 1 unspecified atom stereocenters. The van der Waals surface area contributed by atoms with Crippen LogP contribution in [0, 0.1) is 0 Å². The molecule has 0 aliphatic rings. The van der Waals surface area contributed by atoms with Crippen molar-refractivity contribution in [3.8, 4) is 0 Å². The molecular formula is C62H98O6. The van der Waals surface area contributed by atoms with E-state index in [1.165, 1.54) is 32.1 Å². The monoisotopic (exact) mass is 939 g/mol. The van der Waals surface area contributed by atoms with Crippen LogP contribution in [0.1, 0.15) is 220 Å². The third-order valence-corrected chi connectivity index (χ3v) is 11.0. The van der Waals surface area contributed by atoms with Crippen molar-refractivity contribution in [2.75, 3.05) is 13.2 Å². The first-order valence-electron chi connectivity index (χ1n) is 27.3. The van der Waals surface area contributed by atoms with Gasteiger partial charge in [-0.05, 0) is 109 Å². The van der Waals surface area contributed by atoms with Crippen LogP contribution >= 0.6 is 0 Å². The number of ether oxygens (including phenoxy) is 3. The zero-order chi connectivity index (χ0) is 49.3. The molecular weight excluding hydrogens is 841 g/mol. The maximum absolute atomic E-state index is 12.8. The van der Waals surface area contributed by atoms with E-state index < -0.39 is 6.10 Å². The predicted molar refractivity (Wildman–Crippen MR) is 292 cm³/mol. The van der Waals surface area contributed by atoms with Gasteiger partial charge in [-0.2, -0.15) is 0 Å². The SMILES string of the molecule is CC\C=C/C=C\C=C/CCCCCCCC(=O)OCC(COC(=O)CCCCC/C=C\C/C=C\C/C=C\C/C=C\C/C=C\CC)OC(=O)CCCCCCC\C=C/C=C\C=C/CCCCCCC. The van der Waals surface area contributed by atoms with Crippen molar-refractivity contribution in [1.29, 1.82) is 0 Å². The molecule has 382 valence electrons. The Bertz CT molecular complexity index is 1500. The lowest BCUT2D eigenvalue weighted by molar-refractivity contribution is -0.167. The molecule has 68 heavy (non-hydrogen) atoms. The maximum Gasteiger partial charge on any atom is 0.306 e. The summed E-state index contributed by atoms with van der Waals surface area (Å²) in [5.74, 6) is -0.992. The van der Waals surface area contributed by atoms with Gasteiger partial charge in [0.25, 0.3) is 0 Å². The Balaban J connectivity index is 4.54. The van der Waals surface area contributed by atoms with E-state index in [1.54, 1.807) is 0 Å². The smallest absolute Gasteiger partial charge is 0.306 e. The van der Waals surface area contributed by atoms with Crippen molar-refractivity contribution in [3.05, 3.63) is 134 Å². The normalized spacial score (nSPS) is 13.2. The summed E-state index contributed by atoms with van der Waals surface area (Å²) < 4.78 is 16.8.